The number of carbonyl (C=O) groups excluding carboxylic acids is 1. The zero-order valence-electron chi connectivity index (χ0n) is 16.1. The number of benzene rings is 2. The first-order valence-corrected chi connectivity index (χ1v) is 9.88. The van der Waals surface area contributed by atoms with Crippen molar-refractivity contribution in [2.45, 2.75) is 38.1 Å². The molecular weight excluding hydrogens is 406 g/mol. The van der Waals surface area contributed by atoms with Gasteiger partial charge in [0.15, 0.2) is 0 Å². The molecule has 0 unspecified atom stereocenters. The molecule has 0 saturated carbocycles. The van der Waals surface area contributed by atoms with Crippen LogP contribution >= 0.6 is 0 Å². The van der Waals surface area contributed by atoms with Gasteiger partial charge in [0.2, 0.25) is 0 Å². The highest BCUT2D eigenvalue weighted by atomic mass is 32.2. The number of amides is 1. The van der Waals surface area contributed by atoms with Gasteiger partial charge in [-0.1, -0.05) is 0 Å². The van der Waals surface area contributed by atoms with Crippen LogP contribution in [0.5, 0.6) is 0 Å². The quantitative estimate of drug-likeness (QED) is 0.679. The number of nitrogens with one attached hydrogen (secondary N) is 2. The fraction of sp³-hybridized carbons (Fsp3) is 0.263. The molecule has 2 aromatic rings. The van der Waals surface area contributed by atoms with Crippen molar-refractivity contribution in [3.63, 3.8) is 0 Å². The Balaban J connectivity index is 2.35. The molecule has 2 rings (SSSR count). The zero-order valence-corrected chi connectivity index (χ0v) is 16.9. The number of carboxylic acid groups (broad SMARTS) is 1. The molecule has 0 aromatic heterocycles. The summed E-state index contributed by atoms with van der Waals surface area (Å²) in [6.07, 6.45) is 0. The summed E-state index contributed by atoms with van der Waals surface area (Å²) in [5, 5.41) is 11.5. The molecule has 29 heavy (non-hydrogen) atoms. The molecule has 0 fully saturated rings. The van der Waals surface area contributed by atoms with Gasteiger partial charge in [-0.05, 0) is 63.6 Å². The van der Waals surface area contributed by atoms with E-state index in [9.17, 15) is 26.8 Å². The van der Waals surface area contributed by atoms with E-state index < -0.39 is 44.4 Å². The maximum absolute atomic E-state index is 13.8. The van der Waals surface area contributed by atoms with Crippen LogP contribution in [0.4, 0.5) is 14.5 Å². The van der Waals surface area contributed by atoms with Crippen LogP contribution in [0.2, 0.25) is 0 Å². The molecule has 0 saturated heterocycles. The molecule has 1 amide bonds. The van der Waals surface area contributed by atoms with E-state index in [2.05, 4.69) is 5.32 Å². The number of aromatic carboxylic acids is 1. The predicted octanol–water partition coefficient (Wildman–Crippen LogP) is 3.30. The summed E-state index contributed by atoms with van der Waals surface area (Å²) < 4.78 is 54.8. The molecule has 10 heteroatoms. The van der Waals surface area contributed by atoms with Crippen molar-refractivity contribution in [3.8, 4) is 0 Å². The Morgan fingerprint density at radius 1 is 1.03 bits per heavy atom. The van der Waals surface area contributed by atoms with Gasteiger partial charge in [-0.2, -0.15) is 0 Å². The molecule has 156 valence electrons. The minimum Gasteiger partial charge on any atom is -0.477 e. The van der Waals surface area contributed by atoms with Crippen LogP contribution in [0.15, 0.2) is 35.2 Å². The lowest BCUT2D eigenvalue weighted by Gasteiger charge is -2.21. The van der Waals surface area contributed by atoms with E-state index in [0.29, 0.717) is 12.1 Å². The second-order valence-corrected chi connectivity index (χ2v) is 9.06. The van der Waals surface area contributed by atoms with Gasteiger partial charge in [0.05, 0.1) is 10.6 Å². The molecule has 0 heterocycles. The normalized spacial score (nSPS) is 11.8. The molecule has 0 aliphatic heterocycles. The lowest BCUT2D eigenvalue weighted by Crippen LogP contribution is -2.40. The Morgan fingerprint density at radius 2 is 1.59 bits per heavy atom. The number of carbonyl (C=O) groups is 2. The largest absolute Gasteiger partial charge is 0.477 e. The third kappa shape index (κ3) is 5.29. The monoisotopic (exact) mass is 426 g/mol. The first-order valence-electron chi connectivity index (χ1n) is 8.39. The predicted molar refractivity (Wildman–Crippen MR) is 103 cm³/mol. The molecular formula is C19H20F2N2O5S. The van der Waals surface area contributed by atoms with E-state index >= 15 is 0 Å². The number of carboxylic acids is 1. The van der Waals surface area contributed by atoms with Crippen LogP contribution in [-0.4, -0.2) is 30.9 Å². The van der Waals surface area contributed by atoms with Crippen molar-refractivity contribution in [2.75, 3.05) is 4.72 Å². The molecule has 0 aliphatic rings. The fourth-order valence-corrected chi connectivity index (χ4v) is 3.82. The number of hydrogen-bond donors (Lipinski definition) is 3. The van der Waals surface area contributed by atoms with Gasteiger partial charge in [-0.3, -0.25) is 9.52 Å². The number of aryl methyl sites for hydroxylation is 1. The lowest BCUT2D eigenvalue weighted by molar-refractivity contribution is 0.0686. The van der Waals surface area contributed by atoms with E-state index in [1.807, 2.05) is 4.72 Å². The standard InChI is InChI=1S/C19H20F2N2O5S/c1-10-7-11(17(24)22-19(2,3)4)5-6-15(10)29(27,28)23-12-8-13(20)16(18(25)26)14(21)9-12/h5-9,23H,1-4H3,(H,22,24)(H,25,26). The summed E-state index contributed by atoms with van der Waals surface area (Å²) in [5.41, 5.74) is -1.65. The minimum atomic E-state index is -4.25. The van der Waals surface area contributed by atoms with E-state index in [1.54, 1.807) is 20.8 Å². The maximum atomic E-state index is 13.8. The summed E-state index contributed by atoms with van der Waals surface area (Å²) in [4.78, 5) is 22.8. The molecule has 7 nitrogen and oxygen atoms in total. The van der Waals surface area contributed by atoms with E-state index in [-0.39, 0.29) is 21.9 Å². The van der Waals surface area contributed by atoms with Crippen LogP contribution in [0.3, 0.4) is 0 Å². The molecule has 0 spiro atoms. The first-order chi connectivity index (χ1) is 13.2. The number of rotatable bonds is 5. The van der Waals surface area contributed by atoms with Crippen LogP contribution < -0.4 is 10.0 Å². The van der Waals surface area contributed by atoms with Crippen LogP contribution in [0, 0.1) is 18.6 Å². The third-order valence-electron chi connectivity index (χ3n) is 3.72. The Hall–Kier alpha value is -3.01. The van der Waals surface area contributed by atoms with Crippen LogP contribution in [0.1, 0.15) is 47.1 Å². The highest BCUT2D eigenvalue weighted by molar-refractivity contribution is 7.92. The molecule has 2 aromatic carbocycles. The summed E-state index contributed by atoms with van der Waals surface area (Å²) in [7, 11) is -4.25. The second-order valence-electron chi connectivity index (χ2n) is 7.41. The van der Waals surface area contributed by atoms with Crippen molar-refractivity contribution in [1.29, 1.82) is 0 Å². The average molecular weight is 426 g/mol. The maximum Gasteiger partial charge on any atom is 0.341 e. The Morgan fingerprint density at radius 3 is 2.03 bits per heavy atom. The minimum absolute atomic E-state index is 0.201. The summed E-state index contributed by atoms with van der Waals surface area (Å²) >= 11 is 0. The molecule has 0 atom stereocenters. The number of halogens is 2. The number of hydrogen-bond acceptors (Lipinski definition) is 4. The topological polar surface area (TPSA) is 113 Å². The van der Waals surface area contributed by atoms with Crippen LogP contribution in [0.25, 0.3) is 0 Å². The number of sulfonamides is 1. The van der Waals surface area contributed by atoms with Gasteiger partial charge in [-0.15, -0.1) is 0 Å². The van der Waals surface area contributed by atoms with Gasteiger partial charge in [-0.25, -0.2) is 22.0 Å². The van der Waals surface area contributed by atoms with Gasteiger partial charge >= 0.3 is 5.97 Å². The first kappa shape index (κ1) is 22.3. The van der Waals surface area contributed by atoms with Crippen molar-refractivity contribution >= 4 is 27.6 Å². The molecule has 0 radical (unpaired) electrons. The summed E-state index contributed by atoms with van der Waals surface area (Å²) in [6, 6.07) is 5.05. The molecule has 0 aliphatic carbocycles. The van der Waals surface area contributed by atoms with Crippen LogP contribution in [-0.2, 0) is 10.0 Å². The second kappa shape index (κ2) is 7.78. The highest BCUT2D eigenvalue weighted by Crippen LogP contribution is 2.24. The summed E-state index contributed by atoms with van der Waals surface area (Å²) in [6.45, 7) is 6.87. The fourth-order valence-electron chi connectivity index (χ4n) is 2.55. The van der Waals surface area contributed by atoms with E-state index in [0.717, 1.165) is 0 Å². The van der Waals surface area contributed by atoms with Crippen molar-refractivity contribution < 1.29 is 31.9 Å². The van der Waals surface area contributed by atoms with E-state index in [4.69, 9.17) is 5.11 Å². The van der Waals surface area contributed by atoms with Gasteiger partial charge in [0, 0.05) is 11.1 Å². The van der Waals surface area contributed by atoms with E-state index in [1.165, 1.54) is 25.1 Å². The van der Waals surface area contributed by atoms with Gasteiger partial charge in [0.1, 0.15) is 17.2 Å². The lowest BCUT2D eigenvalue weighted by atomic mass is 10.1. The van der Waals surface area contributed by atoms with Crippen molar-refractivity contribution in [1.82, 2.24) is 5.32 Å². The highest BCUT2D eigenvalue weighted by Gasteiger charge is 2.23. The number of anilines is 1. The Bertz CT molecular complexity index is 1070. The van der Waals surface area contributed by atoms with Crippen molar-refractivity contribution in [2.24, 2.45) is 0 Å². The smallest absolute Gasteiger partial charge is 0.341 e. The summed E-state index contributed by atoms with van der Waals surface area (Å²) in [5.74, 6) is -5.03. The van der Waals surface area contributed by atoms with Crippen molar-refractivity contribution in [3.05, 3.63) is 58.7 Å². The molecule has 0 bridgehead atoms. The van der Waals surface area contributed by atoms with Gasteiger partial charge < -0.3 is 10.4 Å². The zero-order chi connectivity index (χ0) is 22.1. The molecule has 3 N–H and O–H groups in total. The Kier molecular flexibility index (Phi) is 5.98. The average Bonchev–Trinajstić information content (AvgIpc) is 2.51. The SMILES string of the molecule is Cc1cc(C(=O)NC(C)(C)C)ccc1S(=O)(=O)Nc1cc(F)c(C(=O)O)c(F)c1. The van der Waals surface area contributed by atoms with Gasteiger partial charge in [0.25, 0.3) is 15.9 Å². The third-order valence-corrected chi connectivity index (χ3v) is 5.26. The Labute approximate surface area is 166 Å².